The Hall–Kier alpha value is -1.51. The van der Waals surface area contributed by atoms with Gasteiger partial charge < -0.3 is 5.73 Å². The fourth-order valence-electron chi connectivity index (χ4n) is 1.85. The van der Waals surface area contributed by atoms with E-state index < -0.39 is 0 Å². The molecule has 0 aliphatic rings. The van der Waals surface area contributed by atoms with Gasteiger partial charge in [-0.25, -0.2) is 4.98 Å². The third kappa shape index (κ3) is 1.09. The van der Waals surface area contributed by atoms with E-state index in [-0.39, 0.29) is 0 Å². The van der Waals surface area contributed by atoms with Crippen molar-refractivity contribution in [2.24, 2.45) is 0 Å². The predicted molar refractivity (Wildman–Crippen MR) is 58.5 cm³/mol. The van der Waals surface area contributed by atoms with Crippen molar-refractivity contribution in [1.82, 2.24) is 9.38 Å². The van der Waals surface area contributed by atoms with E-state index in [1.807, 2.05) is 19.1 Å². The standard InChI is InChI=1S/C11H15N3/c1-4-10-8(3)14-7(2)9(12)5-6-11(14)13-10/h5-6H,4,12H2,1-3H3. The number of nitrogens with zero attached hydrogens (tertiary/aromatic N) is 2. The Kier molecular flexibility index (Phi) is 1.95. The number of aryl methyl sites for hydroxylation is 3. The van der Waals surface area contributed by atoms with Crippen molar-refractivity contribution in [3.8, 4) is 0 Å². The summed E-state index contributed by atoms with van der Waals surface area (Å²) < 4.78 is 2.12. The van der Waals surface area contributed by atoms with Crippen LogP contribution in [-0.4, -0.2) is 9.38 Å². The number of pyridine rings is 1. The lowest BCUT2D eigenvalue weighted by Crippen LogP contribution is -1.99. The van der Waals surface area contributed by atoms with Gasteiger partial charge in [0.25, 0.3) is 0 Å². The average Bonchev–Trinajstić information content (AvgIpc) is 2.50. The normalized spacial score (nSPS) is 11.1. The van der Waals surface area contributed by atoms with Crippen LogP contribution in [0, 0.1) is 13.8 Å². The summed E-state index contributed by atoms with van der Waals surface area (Å²) in [4.78, 5) is 4.54. The van der Waals surface area contributed by atoms with Crippen LogP contribution in [0.3, 0.4) is 0 Å². The molecule has 2 N–H and O–H groups in total. The van der Waals surface area contributed by atoms with Gasteiger partial charge in [0.05, 0.1) is 11.4 Å². The second-order valence-corrected chi connectivity index (χ2v) is 3.57. The minimum atomic E-state index is 0.820. The molecule has 0 saturated carbocycles. The molecule has 0 aromatic carbocycles. The predicted octanol–water partition coefficient (Wildman–Crippen LogP) is 2.10. The molecule has 0 spiro atoms. The lowest BCUT2D eigenvalue weighted by Gasteiger charge is -2.05. The van der Waals surface area contributed by atoms with Gasteiger partial charge in [-0.3, -0.25) is 4.40 Å². The van der Waals surface area contributed by atoms with Gasteiger partial charge in [0.1, 0.15) is 5.65 Å². The Labute approximate surface area is 83.6 Å². The van der Waals surface area contributed by atoms with Crippen molar-refractivity contribution in [2.75, 3.05) is 5.73 Å². The van der Waals surface area contributed by atoms with Gasteiger partial charge in [-0.1, -0.05) is 6.92 Å². The van der Waals surface area contributed by atoms with Crippen molar-refractivity contribution in [1.29, 1.82) is 0 Å². The lowest BCUT2D eigenvalue weighted by molar-refractivity contribution is 0.998. The molecule has 74 valence electrons. The largest absolute Gasteiger partial charge is 0.397 e. The first-order valence-corrected chi connectivity index (χ1v) is 4.88. The summed E-state index contributed by atoms with van der Waals surface area (Å²) in [5.74, 6) is 0. The number of hydrogen-bond acceptors (Lipinski definition) is 2. The molecule has 2 rings (SSSR count). The summed E-state index contributed by atoms with van der Waals surface area (Å²) in [5.41, 5.74) is 11.1. The highest BCUT2D eigenvalue weighted by molar-refractivity contribution is 5.54. The molecule has 3 nitrogen and oxygen atoms in total. The van der Waals surface area contributed by atoms with E-state index in [1.54, 1.807) is 0 Å². The fourth-order valence-corrected chi connectivity index (χ4v) is 1.85. The molecule has 0 aliphatic carbocycles. The number of nitrogens with two attached hydrogens (primary N) is 1. The van der Waals surface area contributed by atoms with E-state index in [1.165, 1.54) is 5.69 Å². The SMILES string of the molecule is CCc1nc2ccc(N)c(C)n2c1C. The summed E-state index contributed by atoms with van der Waals surface area (Å²) in [6.45, 7) is 6.23. The Balaban J connectivity index is 2.87. The second-order valence-electron chi connectivity index (χ2n) is 3.57. The zero-order valence-electron chi connectivity index (χ0n) is 8.83. The topological polar surface area (TPSA) is 43.3 Å². The number of imidazole rings is 1. The van der Waals surface area contributed by atoms with Crippen LogP contribution in [0.5, 0.6) is 0 Å². The zero-order chi connectivity index (χ0) is 10.3. The number of rotatable bonds is 1. The summed E-state index contributed by atoms with van der Waals surface area (Å²) in [7, 11) is 0. The molecular weight excluding hydrogens is 174 g/mol. The van der Waals surface area contributed by atoms with Crippen LogP contribution in [0.4, 0.5) is 5.69 Å². The number of nitrogen functional groups attached to an aromatic ring is 1. The molecule has 0 unspecified atom stereocenters. The van der Waals surface area contributed by atoms with Crippen LogP contribution >= 0.6 is 0 Å². The van der Waals surface area contributed by atoms with Gasteiger partial charge in [0, 0.05) is 11.4 Å². The maximum absolute atomic E-state index is 5.86. The summed E-state index contributed by atoms with van der Waals surface area (Å²) in [6.07, 6.45) is 0.965. The first kappa shape index (κ1) is 9.06. The molecule has 0 bridgehead atoms. The third-order valence-electron chi connectivity index (χ3n) is 2.73. The van der Waals surface area contributed by atoms with E-state index in [4.69, 9.17) is 5.73 Å². The van der Waals surface area contributed by atoms with Crippen molar-refractivity contribution in [2.45, 2.75) is 27.2 Å². The maximum Gasteiger partial charge on any atom is 0.137 e. The monoisotopic (exact) mass is 189 g/mol. The van der Waals surface area contributed by atoms with E-state index in [0.717, 1.165) is 29.1 Å². The number of aromatic nitrogens is 2. The smallest absolute Gasteiger partial charge is 0.137 e. The Morgan fingerprint density at radius 1 is 1.29 bits per heavy atom. The van der Waals surface area contributed by atoms with Gasteiger partial charge in [-0.05, 0) is 32.4 Å². The third-order valence-corrected chi connectivity index (χ3v) is 2.73. The van der Waals surface area contributed by atoms with Gasteiger partial charge in [-0.2, -0.15) is 0 Å². The van der Waals surface area contributed by atoms with Gasteiger partial charge in [-0.15, -0.1) is 0 Å². The maximum atomic E-state index is 5.86. The Morgan fingerprint density at radius 3 is 2.64 bits per heavy atom. The number of hydrogen-bond donors (Lipinski definition) is 1. The zero-order valence-corrected chi connectivity index (χ0v) is 8.83. The molecular formula is C11H15N3. The summed E-state index contributed by atoms with van der Waals surface area (Å²) in [5, 5.41) is 0. The van der Waals surface area contributed by atoms with Crippen molar-refractivity contribution in [3.05, 3.63) is 29.2 Å². The van der Waals surface area contributed by atoms with Crippen LogP contribution in [0.25, 0.3) is 5.65 Å². The van der Waals surface area contributed by atoms with E-state index in [0.29, 0.717) is 0 Å². The molecule has 0 atom stereocenters. The quantitative estimate of drug-likeness (QED) is 0.746. The van der Waals surface area contributed by atoms with Crippen LogP contribution in [0.2, 0.25) is 0 Å². The molecule has 0 saturated heterocycles. The highest BCUT2D eigenvalue weighted by atomic mass is 15.0. The van der Waals surface area contributed by atoms with E-state index in [9.17, 15) is 0 Å². The van der Waals surface area contributed by atoms with Crippen LogP contribution in [-0.2, 0) is 6.42 Å². The fraction of sp³-hybridized carbons (Fsp3) is 0.364. The van der Waals surface area contributed by atoms with Gasteiger partial charge in [0.2, 0.25) is 0 Å². The molecule has 0 radical (unpaired) electrons. The summed E-state index contributed by atoms with van der Waals surface area (Å²) >= 11 is 0. The van der Waals surface area contributed by atoms with Crippen LogP contribution < -0.4 is 5.73 Å². The number of anilines is 1. The molecule has 0 fully saturated rings. The Morgan fingerprint density at radius 2 is 2.00 bits per heavy atom. The highest BCUT2D eigenvalue weighted by Crippen LogP contribution is 2.18. The molecule has 2 aromatic rings. The van der Waals surface area contributed by atoms with Crippen LogP contribution in [0.1, 0.15) is 24.0 Å². The minimum Gasteiger partial charge on any atom is -0.397 e. The second kappa shape index (κ2) is 3.01. The van der Waals surface area contributed by atoms with E-state index in [2.05, 4.69) is 23.2 Å². The summed E-state index contributed by atoms with van der Waals surface area (Å²) in [6, 6.07) is 3.88. The minimum absolute atomic E-state index is 0.820. The van der Waals surface area contributed by atoms with Crippen molar-refractivity contribution < 1.29 is 0 Å². The van der Waals surface area contributed by atoms with E-state index >= 15 is 0 Å². The van der Waals surface area contributed by atoms with Crippen molar-refractivity contribution in [3.63, 3.8) is 0 Å². The lowest BCUT2D eigenvalue weighted by atomic mass is 10.2. The number of fused-ring (bicyclic) bond motifs is 1. The molecule has 0 aliphatic heterocycles. The molecule has 14 heavy (non-hydrogen) atoms. The van der Waals surface area contributed by atoms with Crippen LogP contribution in [0.15, 0.2) is 12.1 Å². The molecule has 2 heterocycles. The molecule has 0 amide bonds. The van der Waals surface area contributed by atoms with Crippen molar-refractivity contribution >= 4 is 11.3 Å². The molecule has 3 heteroatoms. The average molecular weight is 189 g/mol. The Bertz CT molecular complexity index is 483. The highest BCUT2D eigenvalue weighted by Gasteiger charge is 2.08. The van der Waals surface area contributed by atoms with Gasteiger partial charge in [0.15, 0.2) is 0 Å². The molecule has 2 aromatic heterocycles. The van der Waals surface area contributed by atoms with Gasteiger partial charge >= 0.3 is 0 Å². The first-order chi connectivity index (χ1) is 6.65. The first-order valence-electron chi connectivity index (χ1n) is 4.88.